The van der Waals surface area contributed by atoms with Gasteiger partial charge in [-0.15, -0.1) is 0 Å². The van der Waals surface area contributed by atoms with E-state index in [-0.39, 0.29) is 11.9 Å². The molecule has 0 spiro atoms. The van der Waals surface area contributed by atoms with Crippen LogP contribution >= 0.6 is 11.6 Å². The Bertz CT molecular complexity index is 611. The number of benzene rings is 1. The Balaban J connectivity index is 1.83. The van der Waals surface area contributed by atoms with Crippen LogP contribution in [0, 0.1) is 6.92 Å². The molecular formula is C18H27ClN4O2. The largest absolute Gasteiger partial charge is 0.342 e. The minimum atomic E-state index is -0.152. The van der Waals surface area contributed by atoms with Crippen molar-refractivity contribution in [3.05, 3.63) is 28.8 Å². The monoisotopic (exact) mass is 366 g/mol. The molecule has 2 rings (SSSR count). The summed E-state index contributed by atoms with van der Waals surface area (Å²) in [5.74, 6) is 0.148. The van der Waals surface area contributed by atoms with Crippen LogP contribution < -0.4 is 5.32 Å². The van der Waals surface area contributed by atoms with Crippen molar-refractivity contribution in [3.63, 3.8) is 0 Å². The molecule has 0 aromatic heterocycles. The van der Waals surface area contributed by atoms with Gasteiger partial charge in [-0.05, 0) is 38.5 Å². The van der Waals surface area contributed by atoms with Gasteiger partial charge in [-0.3, -0.25) is 9.69 Å². The van der Waals surface area contributed by atoms with E-state index in [1.54, 1.807) is 4.90 Å². The molecule has 0 atom stereocenters. The van der Waals surface area contributed by atoms with Gasteiger partial charge in [0.15, 0.2) is 0 Å². The molecule has 138 valence electrons. The molecule has 1 fully saturated rings. The Hall–Kier alpha value is -1.79. The summed E-state index contributed by atoms with van der Waals surface area (Å²) in [4.78, 5) is 30.3. The summed E-state index contributed by atoms with van der Waals surface area (Å²) in [6.07, 6.45) is 0. The van der Waals surface area contributed by atoms with Crippen molar-refractivity contribution in [3.8, 4) is 0 Å². The van der Waals surface area contributed by atoms with Gasteiger partial charge in [0.25, 0.3) is 0 Å². The lowest BCUT2D eigenvalue weighted by Crippen LogP contribution is -2.52. The second-order valence-electron chi connectivity index (χ2n) is 6.24. The van der Waals surface area contributed by atoms with Gasteiger partial charge in [-0.25, -0.2) is 4.79 Å². The second-order valence-corrected chi connectivity index (χ2v) is 6.65. The lowest BCUT2D eigenvalue weighted by molar-refractivity contribution is -0.132. The van der Waals surface area contributed by atoms with Gasteiger partial charge in [0.1, 0.15) is 0 Å². The first kappa shape index (κ1) is 19.5. The molecule has 1 heterocycles. The van der Waals surface area contributed by atoms with Crippen LogP contribution in [0.2, 0.25) is 5.02 Å². The smallest absolute Gasteiger partial charge is 0.321 e. The molecule has 0 radical (unpaired) electrons. The van der Waals surface area contributed by atoms with Crippen LogP contribution in [0.3, 0.4) is 0 Å². The fourth-order valence-corrected chi connectivity index (χ4v) is 3.17. The van der Waals surface area contributed by atoms with E-state index in [9.17, 15) is 9.59 Å². The van der Waals surface area contributed by atoms with E-state index in [0.717, 1.165) is 18.7 Å². The number of urea groups is 1. The van der Waals surface area contributed by atoms with Crippen molar-refractivity contribution >= 4 is 29.2 Å². The van der Waals surface area contributed by atoms with Crippen LogP contribution in [0.25, 0.3) is 0 Å². The third kappa shape index (κ3) is 5.34. The maximum atomic E-state index is 12.4. The van der Waals surface area contributed by atoms with Gasteiger partial charge < -0.3 is 15.1 Å². The van der Waals surface area contributed by atoms with Crippen molar-refractivity contribution in [1.82, 2.24) is 14.7 Å². The molecule has 1 saturated heterocycles. The maximum absolute atomic E-state index is 12.4. The lowest BCUT2D eigenvalue weighted by Gasteiger charge is -2.35. The molecule has 0 unspecified atom stereocenters. The van der Waals surface area contributed by atoms with E-state index in [4.69, 9.17) is 11.6 Å². The molecule has 1 aliphatic heterocycles. The first-order valence-corrected chi connectivity index (χ1v) is 9.14. The first-order valence-electron chi connectivity index (χ1n) is 8.76. The van der Waals surface area contributed by atoms with E-state index in [1.807, 2.05) is 43.9 Å². The number of nitrogens with zero attached hydrogens (tertiary/aromatic N) is 3. The van der Waals surface area contributed by atoms with Crippen molar-refractivity contribution in [2.45, 2.75) is 20.8 Å². The highest BCUT2D eigenvalue weighted by Crippen LogP contribution is 2.23. The highest BCUT2D eigenvalue weighted by atomic mass is 35.5. The Morgan fingerprint density at radius 2 is 1.80 bits per heavy atom. The minimum absolute atomic E-state index is 0.148. The fourth-order valence-electron chi connectivity index (χ4n) is 2.89. The van der Waals surface area contributed by atoms with Gasteiger partial charge in [0, 0.05) is 39.3 Å². The Kier molecular flexibility index (Phi) is 7.08. The number of halogens is 1. The molecule has 0 aliphatic carbocycles. The molecule has 3 amide bonds. The standard InChI is InChI=1S/C18H27ClN4O2/c1-4-22(5-2)17(24)13-21-8-10-23(11-9-21)18(25)20-16-7-6-14(3)12-15(16)19/h6-7,12H,4-5,8-11,13H2,1-3H3,(H,20,25). The fraction of sp³-hybridized carbons (Fsp3) is 0.556. The highest BCUT2D eigenvalue weighted by Gasteiger charge is 2.23. The quantitative estimate of drug-likeness (QED) is 0.871. The summed E-state index contributed by atoms with van der Waals surface area (Å²) < 4.78 is 0. The number of nitrogens with one attached hydrogen (secondary N) is 1. The number of aryl methyl sites for hydroxylation is 1. The molecule has 25 heavy (non-hydrogen) atoms. The van der Waals surface area contributed by atoms with Crippen LogP contribution in [0.1, 0.15) is 19.4 Å². The number of anilines is 1. The van der Waals surface area contributed by atoms with Crippen LogP contribution in [-0.2, 0) is 4.79 Å². The van der Waals surface area contributed by atoms with Crippen molar-refractivity contribution < 1.29 is 9.59 Å². The molecule has 0 saturated carbocycles. The van der Waals surface area contributed by atoms with Crippen LogP contribution in [0.5, 0.6) is 0 Å². The number of hydrogen-bond acceptors (Lipinski definition) is 3. The normalized spacial score (nSPS) is 15.1. The van der Waals surface area contributed by atoms with E-state index in [1.165, 1.54) is 0 Å². The van der Waals surface area contributed by atoms with Crippen LogP contribution in [0.15, 0.2) is 18.2 Å². The average Bonchev–Trinajstić information content (AvgIpc) is 2.59. The zero-order valence-corrected chi connectivity index (χ0v) is 16.0. The molecule has 0 bridgehead atoms. The third-order valence-electron chi connectivity index (χ3n) is 4.50. The minimum Gasteiger partial charge on any atom is -0.342 e. The van der Waals surface area contributed by atoms with Crippen molar-refractivity contribution in [2.75, 3.05) is 51.1 Å². The molecule has 1 aliphatic rings. The number of piperazine rings is 1. The number of rotatable bonds is 5. The SMILES string of the molecule is CCN(CC)C(=O)CN1CCN(C(=O)Nc2ccc(C)cc2Cl)CC1. The summed E-state index contributed by atoms with van der Waals surface area (Å²) in [6, 6.07) is 5.40. The van der Waals surface area contributed by atoms with Gasteiger partial charge in [0.2, 0.25) is 5.91 Å². The summed E-state index contributed by atoms with van der Waals surface area (Å²) in [7, 11) is 0. The summed E-state index contributed by atoms with van der Waals surface area (Å²) in [6.45, 7) is 10.4. The number of carbonyl (C=O) groups is 2. The summed E-state index contributed by atoms with van der Waals surface area (Å²) in [5.41, 5.74) is 1.67. The van der Waals surface area contributed by atoms with Gasteiger partial charge in [0.05, 0.1) is 17.3 Å². The number of likely N-dealkylation sites (N-methyl/N-ethyl adjacent to an activating group) is 1. The van der Waals surface area contributed by atoms with Crippen molar-refractivity contribution in [2.24, 2.45) is 0 Å². The topological polar surface area (TPSA) is 55.9 Å². The van der Waals surface area contributed by atoms with E-state index >= 15 is 0 Å². The number of hydrogen-bond donors (Lipinski definition) is 1. The first-order chi connectivity index (χ1) is 11.9. The predicted molar refractivity (Wildman–Crippen MR) is 101 cm³/mol. The predicted octanol–water partition coefficient (Wildman–Crippen LogP) is 2.67. The highest BCUT2D eigenvalue weighted by molar-refractivity contribution is 6.33. The van der Waals surface area contributed by atoms with Crippen LogP contribution in [0.4, 0.5) is 10.5 Å². The number of amides is 3. The molecule has 1 aromatic rings. The van der Waals surface area contributed by atoms with Gasteiger partial charge in [-0.2, -0.15) is 0 Å². The molecule has 6 nitrogen and oxygen atoms in total. The summed E-state index contributed by atoms with van der Waals surface area (Å²) >= 11 is 6.17. The third-order valence-corrected chi connectivity index (χ3v) is 4.81. The van der Waals surface area contributed by atoms with Crippen LogP contribution in [-0.4, -0.2) is 72.5 Å². The Labute approximate surface area is 154 Å². The lowest BCUT2D eigenvalue weighted by atomic mass is 10.2. The molecular weight excluding hydrogens is 340 g/mol. The van der Waals surface area contributed by atoms with Crippen molar-refractivity contribution in [1.29, 1.82) is 0 Å². The number of carbonyl (C=O) groups excluding carboxylic acids is 2. The zero-order chi connectivity index (χ0) is 18.4. The molecule has 1 aromatic carbocycles. The van der Waals surface area contributed by atoms with Gasteiger partial charge >= 0.3 is 6.03 Å². The molecule has 7 heteroatoms. The van der Waals surface area contributed by atoms with E-state index < -0.39 is 0 Å². The summed E-state index contributed by atoms with van der Waals surface area (Å²) in [5, 5.41) is 3.40. The second kappa shape index (κ2) is 9.06. The molecule has 1 N–H and O–H groups in total. The maximum Gasteiger partial charge on any atom is 0.321 e. The average molecular weight is 367 g/mol. The van der Waals surface area contributed by atoms with E-state index in [0.29, 0.717) is 43.4 Å². The zero-order valence-electron chi connectivity index (χ0n) is 15.2. The van der Waals surface area contributed by atoms with E-state index in [2.05, 4.69) is 10.2 Å². The Morgan fingerprint density at radius 3 is 2.36 bits per heavy atom. The van der Waals surface area contributed by atoms with Gasteiger partial charge in [-0.1, -0.05) is 17.7 Å². The Morgan fingerprint density at radius 1 is 1.16 bits per heavy atom.